The fourth-order valence-corrected chi connectivity index (χ4v) is 13.1. The monoisotopic (exact) mass is 995 g/mol. The fourth-order valence-electron chi connectivity index (χ4n) is 11.9. The van der Waals surface area contributed by atoms with Crippen molar-refractivity contribution in [3.8, 4) is 11.4 Å². The minimum atomic E-state index is 0.921. The number of aromatic nitrogens is 5. The maximum atomic E-state index is 6.53. The summed E-state index contributed by atoms with van der Waals surface area (Å²) in [6.45, 7) is 2.50. The maximum Gasteiger partial charge on any atom is 0.145 e. The molecule has 8 heterocycles. The Balaban J connectivity index is 0.000000129. The second-order valence-electron chi connectivity index (χ2n) is 19.2. The van der Waals surface area contributed by atoms with Crippen LogP contribution in [0.3, 0.4) is 0 Å². The minimum Gasteiger partial charge on any atom is -0.455 e. The molecule has 0 bridgehead atoms. The summed E-state index contributed by atoms with van der Waals surface area (Å²) in [5.41, 5.74) is 15.8. The molecular weight excluding hydrogens is 951 g/mol. The summed E-state index contributed by atoms with van der Waals surface area (Å²) in [6.07, 6.45) is 18.3. The molecule has 2 aliphatic rings. The van der Waals surface area contributed by atoms with Crippen LogP contribution in [0.25, 0.3) is 130 Å². The summed E-state index contributed by atoms with van der Waals surface area (Å²) in [7, 11) is 0. The van der Waals surface area contributed by atoms with Crippen LogP contribution in [0.5, 0.6) is 0 Å². The highest BCUT2D eigenvalue weighted by Crippen LogP contribution is 2.47. The van der Waals surface area contributed by atoms with Crippen LogP contribution in [0.4, 0.5) is 0 Å². The van der Waals surface area contributed by atoms with E-state index in [-0.39, 0.29) is 0 Å². The Kier molecular flexibility index (Phi) is 9.95. The molecule has 0 atom stereocenters. The highest BCUT2D eigenvalue weighted by Gasteiger charge is 2.24. The van der Waals surface area contributed by atoms with Gasteiger partial charge in [0.15, 0.2) is 0 Å². The van der Waals surface area contributed by atoms with Crippen LogP contribution in [0.1, 0.15) is 6.42 Å². The Morgan fingerprint density at radius 2 is 1.16 bits per heavy atom. The van der Waals surface area contributed by atoms with Crippen LogP contribution in [-0.2, 0) is 0 Å². The van der Waals surface area contributed by atoms with Crippen molar-refractivity contribution in [3.63, 3.8) is 0 Å². The second kappa shape index (κ2) is 17.3. The summed E-state index contributed by atoms with van der Waals surface area (Å²) in [5.74, 6) is 0. The van der Waals surface area contributed by atoms with Crippen LogP contribution in [0.2, 0.25) is 0 Å². The number of rotatable bonds is 3. The molecule has 7 aromatic heterocycles. The van der Waals surface area contributed by atoms with Gasteiger partial charge in [0.25, 0.3) is 0 Å². The van der Waals surface area contributed by atoms with Crippen LogP contribution >= 0.6 is 11.3 Å². The summed E-state index contributed by atoms with van der Waals surface area (Å²) >= 11 is 1.83. The lowest BCUT2D eigenvalue weighted by molar-refractivity contribution is 0.673. The van der Waals surface area contributed by atoms with Crippen LogP contribution < -0.4 is 5.32 Å². The average molecular weight is 996 g/mol. The third-order valence-electron chi connectivity index (χ3n) is 15.1. The van der Waals surface area contributed by atoms with E-state index >= 15 is 0 Å². The molecule has 1 aliphatic carbocycles. The van der Waals surface area contributed by atoms with Gasteiger partial charge in [-0.25, -0.2) is 4.52 Å². The third kappa shape index (κ3) is 6.49. The Labute approximate surface area is 439 Å². The number of nitrogens with zero attached hydrogens (tertiary/aromatic N) is 5. The number of benzene rings is 8. The number of furan rings is 1. The van der Waals surface area contributed by atoms with Gasteiger partial charge in [0, 0.05) is 70.8 Å². The van der Waals surface area contributed by atoms with Gasteiger partial charge in [-0.15, -0.1) is 11.3 Å². The standard InChI is InChI=1S/C35H25N3.C31H17N3OS.CH3N/c1-3-11-24(12-4-1)31-22-19-26(23-36-31)38-33-18-10-8-16-28(33)30-21-20-29-27-15-7-9-17-32(27)37(34(29)35(30)38)25-13-5-2-6-14-25;1-4-10-23-21(8-1)24-15-13-18(17-33(24)32-23)34-25-16-14-20-19-7-2-5-11-26(19)35-30(20)29(25)28-22-9-3-6-12-27(22)36-31(28)34;1-2/h1-11,13-23,36H,12H2;1-17H;2H,1H2/b31-24-;;. The van der Waals surface area contributed by atoms with Crippen molar-refractivity contribution in [1.82, 2.24) is 28.6 Å². The summed E-state index contributed by atoms with van der Waals surface area (Å²) in [4.78, 5) is 1.22. The number of para-hydroxylation sites is 4. The summed E-state index contributed by atoms with van der Waals surface area (Å²) < 4.78 is 17.0. The number of hydrogen-bond acceptors (Lipinski definition) is 5. The third-order valence-corrected chi connectivity index (χ3v) is 16.3. The Morgan fingerprint density at radius 1 is 0.500 bits per heavy atom. The van der Waals surface area contributed by atoms with E-state index < -0.39 is 0 Å². The number of allylic oxidation sites excluding steroid dienone is 8. The SMILES string of the molecule is C1=CC/C(=C2/C=CC(n3c4ccccc4c4ccc5c6ccccc6n(-c6ccccc6)c5c43)=CN2)C=C1.C=N.c1ccc2c(c1)nn1cc(-n3c4ccc5c6ccccc6oc5c4c4c5ccccc5sc43)ccc21. The molecule has 17 rings (SSSR count). The molecular formula is C67H45N7OS. The first-order chi connectivity index (χ1) is 37.7. The summed E-state index contributed by atoms with van der Waals surface area (Å²) in [5, 5.41) is 26.1. The lowest BCUT2D eigenvalue weighted by Gasteiger charge is -2.18. The number of dihydropyridines is 1. The van der Waals surface area contributed by atoms with Gasteiger partial charge in [-0.3, -0.25) is 4.57 Å². The maximum absolute atomic E-state index is 6.53. The van der Waals surface area contributed by atoms with Gasteiger partial charge in [-0.2, -0.15) is 5.10 Å². The minimum absolute atomic E-state index is 0.921. The van der Waals surface area contributed by atoms with Gasteiger partial charge < -0.3 is 24.3 Å². The lowest BCUT2D eigenvalue weighted by atomic mass is 10.0. The van der Waals surface area contributed by atoms with E-state index in [1.165, 1.54) is 80.6 Å². The predicted octanol–water partition coefficient (Wildman–Crippen LogP) is 17.6. The molecule has 76 heavy (non-hydrogen) atoms. The second-order valence-corrected chi connectivity index (χ2v) is 20.2. The topological polar surface area (TPSA) is 81.1 Å². The zero-order valence-electron chi connectivity index (χ0n) is 41.0. The predicted molar refractivity (Wildman–Crippen MR) is 320 cm³/mol. The fraction of sp³-hybridized carbons (Fsp3) is 0.0149. The first-order valence-corrected chi connectivity index (χ1v) is 26.3. The molecule has 8 nitrogen and oxygen atoms in total. The molecule has 0 amide bonds. The number of pyridine rings is 1. The molecule has 8 aromatic carbocycles. The largest absolute Gasteiger partial charge is 0.455 e. The Bertz CT molecular complexity index is 5040. The van der Waals surface area contributed by atoms with Crippen molar-refractivity contribution < 1.29 is 4.42 Å². The summed E-state index contributed by atoms with van der Waals surface area (Å²) in [6, 6.07) is 66.9. The first kappa shape index (κ1) is 43.6. The smallest absolute Gasteiger partial charge is 0.145 e. The van der Waals surface area contributed by atoms with Gasteiger partial charge in [-0.1, -0.05) is 146 Å². The van der Waals surface area contributed by atoms with Crippen molar-refractivity contribution in [2.75, 3.05) is 0 Å². The number of nitrogens with one attached hydrogen (secondary N) is 2. The molecule has 0 fully saturated rings. The van der Waals surface area contributed by atoms with Crippen molar-refractivity contribution >= 4 is 137 Å². The number of thiophene rings is 1. The van der Waals surface area contributed by atoms with Gasteiger partial charge in [-0.05, 0) is 97.6 Å². The quantitative estimate of drug-likeness (QED) is 0.173. The first-order valence-electron chi connectivity index (χ1n) is 25.4. The van der Waals surface area contributed by atoms with E-state index in [1.54, 1.807) is 0 Å². The van der Waals surface area contributed by atoms with Crippen molar-refractivity contribution in [3.05, 3.63) is 248 Å². The van der Waals surface area contributed by atoms with E-state index in [4.69, 9.17) is 14.9 Å². The zero-order valence-corrected chi connectivity index (χ0v) is 41.8. The molecule has 0 unspecified atom stereocenters. The van der Waals surface area contributed by atoms with E-state index in [9.17, 15) is 0 Å². The number of hydrogen-bond donors (Lipinski definition) is 2. The molecule has 0 radical (unpaired) electrons. The van der Waals surface area contributed by atoms with E-state index in [1.807, 2.05) is 28.0 Å². The molecule has 2 N–H and O–H groups in total. The molecule has 9 heteroatoms. The molecule has 360 valence electrons. The molecule has 1 aliphatic heterocycles. The molecule has 15 aromatic rings. The van der Waals surface area contributed by atoms with Crippen molar-refractivity contribution in [1.29, 1.82) is 5.41 Å². The van der Waals surface area contributed by atoms with Gasteiger partial charge in [0.2, 0.25) is 0 Å². The van der Waals surface area contributed by atoms with E-state index in [2.05, 4.69) is 251 Å². The molecule has 0 spiro atoms. The number of fused-ring (bicyclic) bond motifs is 19. The van der Waals surface area contributed by atoms with Crippen LogP contribution in [-0.4, -0.2) is 30.0 Å². The average Bonchev–Trinajstić information content (AvgIpc) is 4.49. The van der Waals surface area contributed by atoms with Gasteiger partial charge in [0.1, 0.15) is 16.0 Å². The normalized spacial score (nSPS) is 14.5. The Morgan fingerprint density at radius 3 is 1.92 bits per heavy atom. The lowest BCUT2D eigenvalue weighted by Crippen LogP contribution is -2.12. The van der Waals surface area contributed by atoms with E-state index in [0.717, 1.165) is 67.4 Å². The van der Waals surface area contributed by atoms with Crippen molar-refractivity contribution in [2.45, 2.75) is 6.42 Å². The van der Waals surface area contributed by atoms with Gasteiger partial charge in [0.05, 0.1) is 61.6 Å². The Hall–Kier alpha value is -9.96. The zero-order chi connectivity index (χ0) is 50.4. The van der Waals surface area contributed by atoms with E-state index in [0.29, 0.717) is 0 Å². The molecule has 0 saturated heterocycles. The van der Waals surface area contributed by atoms with Crippen LogP contribution in [0, 0.1) is 5.41 Å². The molecule has 0 saturated carbocycles. The van der Waals surface area contributed by atoms with Gasteiger partial charge >= 0.3 is 0 Å². The van der Waals surface area contributed by atoms with Crippen molar-refractivity contribution in [2.24, 2.45) is 0 Å². The highest BCUT2D eigenvalue weighted by atomic mass is 32.1. The highest BCUT2D eigenvalue weighted by molar-refractivity contribution is 7.25. The van der Waals surface area contributed by atoms with Crippen LogP contribution in [0.15, 0.2) is 253 Å².